The van der Waals surface area contributed by atoms with Gasteiger partial charge in [0.15, 0.2) is 6.10 Å². The van der Waals surface area contributed by atoms with Crippen molar-refractivity contribution in [1.82, 2.24) is 4.90 Å². The van der Waals surface area contributed by atoms with Gasteiger partial charge >= 0.3 is 0 Å². The van der Waals surface area contributed by atoms with Gasteiger partial charge < -0.3 is 15.0 Å². The molecule has 1 aliphatic rings. The lowest BCUT2D eigenvalue weighted by molar-refractivity contribution is -0.134. The SMILES string of the molecule is Cc1cc(C)c(NC(=O)CN(C)C(=O)CN2C(=O)C(C)Oc3ccccc32)c(C)c1. The molecule has 7 nitrogen and oxygen atoms in total. The molecular formula is C23H27N3O4. The second kappa shape index (κ2) is 8.57. The van der Waals surface area contributed by atoms with E-state index in [4.69, 9.17) is 4.74 Å². The van der Waals surface area contributed by atoms with Crippen LogP contribution in [0, 0.1) is 20.8 Å². The zero-order valence-corrected chi connectivity index (χ0v) is 18.0. The van der Waals surface area contributed by atoms with E-state index < -0.39 is 6.10 Å². The minimum absolute atomic E-state index is 0.110. The number of carbonyl (C=O) groups excluding carboxylic acids is 3. The minimum atomic E-state index is -0.672. The molecule has 158 valence electrons. The molecule has 1 atom stereocenters. The second-order valence-electron chi connectivity index (χ2n) is 7.72. The number of aryl methyl sites for hydroxylation is 3. The van der Waals surface area contributed by atoms with Gasteiger partial charge in [0.1, 0.15) is 12.3 Å². The van der Waals surface area contributed by atoms with Gasteiger partial charge in [-0.2, -0.15) is 0 Å². The minimum Gasteiger partial charge on any atom is -0.479 e. The molecule has 0 spiro atoms. The van der Waals surface area contributed by atoms with Gasteiger partial charge in [0.2, 0.25) is 11.8 Å². The molecule has 2 aromatic carbocycles. The first-order chi connectivity index (χ1) is 14.2. The van der Waals surface area contributed by atoms with Crippen LogP contribution in [-0.2, 0) is 14.4 Å². The molecule has 30 heavy (non-hydrogen) atoms. The first-order valence-electron chi connectivity index (χ1n) is 9.86. The van der Waals surface area contributed by atoms with E-state index in [9.17, 15) is 14.4 Å². The van der Waals surface area contributed by atoms with Gasteiger partial charge in [-0.05, 0) is 51.0 Å². The van der Waals surface area contributed by atoms with Crippen LogP contribution in [-0.4, -0.2) is 48.9 Å². The fourth-order valence-electron chi connectivity index (χ4n) is 3.64. The zero-order valence-electron chi connectivity index (χ0n) is 18.0. The number of hydrogen-bond donors (Lipinski definition) is 1. The number of likely N-dealkylation sites (N-methyl/N-ethyl adjacent to an activating group) is 1. The summed E-state index contributed by atoms with van der Waals surface area (Å²) in [7, 11) is 1.55. The Hall–Kier alpha value is -3.35. The molecule has 0 saturated carbocycles. The van der Waals surface area contributed by atoms with Crippen molar-refractivity contribution < 1.29 is 19.1 Å². The Morgan fingerprint density at radius 1 is 1.13 bits per heavy atom. The van der Waals surface area contributed by atoms with E-state index >= 15 is 0 Å². The highest BCUT2D eigenvalue weighted by atomic mass is 16.5. The van der Waals surface area contributed by atoms with Gasteiger partial charge in [-0.25, -0.2) is 0 Å². The Morgan fingerprint density at radius 2 is 1.77 bits per heavy atom. The van der Waals surface area contributed by atoms with E-state index in [0.717, 1.165) is 22.4 Å². The van der Waals surface area contributed by atoms with E-state index in [2.05, 4.69) is 5.32 Å². The molecule has 0 saturated heterocycles. The summed E-state index contributed by atoms with van der Waals surface area (Å²) in [5.41, 5.74) is 4.38. The number of carbonyl (C=O) groups is 3. The van der Waals surface area contributed by atoms with Gasteiger partial charge in [0, 0.05) is 12.7 Å². The van der Waals surface area contributed by atoms with Crippen molar-refractivity contribution >= 4 is 29.1 Å². The number of rotatable bonds is 5. The molecule has 3 rings (SSSR count). The summed E-state index contributed by atoms with van der Waals surface area (Å²) in [6.07, 6.45) is -0.672. The van der Waals surface area contributed by atoms with E-state index in [0.29, 0.717) is 11.4 Å². The van der Waals surface area contributed by atoms with Gasteiger partial charge in [-0.1, -0.05) is 29.8 Å². The third-order valence-corrected chi connectivity index (χ3v) is 5.11. The highest BCUT2D eigenvalue weighted by Crippen LogP contribution is 2.33. The zero-order chi connectivity index (χ0) is 22.0. The lowest BCUT2D eigenvalue weighted by atomic mass is 10.1. The molecule has 0 aliphatic carbocycles. The van der Waals surface area contributed by atoms with Crippen molar-refractivity contribution in [2.75, 3.05) is 30.4 Å². The van der Waals surface area contributed by atoms with E-state index in [1.54, 1.807) is 32.2 Å². The molecule has 7 heteroatoms. The van der Waals surface area contributed by atoms with Crippen LogP contribution in [0.15, 0.2) is 36.4 Å². The largest absolute Gasteiger partial charge is 0.479 e. The Labute approximate surface area is 176 Å². The van der Waals surface area contributed by atoms with Crippen LogP contribution in [0.5, 0.6) is 5.75 Å². The summed E-state index contributed by atoms with van der Waals surface area (Å²) in [5, 5.41) is 2.89. The third kappa shape index (κ3) is 4.45. The summed E-state index contributed by atoms with van der Waals surface area (Å²) < 4.78 is 5.60. The van der Waals surface area contributed by atoms with Crippen molar-refractivity contribution in [3.8, 4) is 5.75 Å². The topological polar surface area (TPSA) is 79.0 Å². The predicted molar refractivity (Wildman–Crippen MR) is 116 cm³/mol. The van der Waals surface area contributed by atoms with Gasteiger partial charge in [-0.15, -0.1) is 0 Å². The Balaban J connectivity index is 1.66. The smallest absolute Gasteiger partial charge is 0.268 e. The molecule has 2 aromatic rings. The second-order valence-corrected chi connectivity index (χ2v) is 7.72. The van der Waals surface area contributed by atoms with Crippen molar-refractivity contribution in [1.29, 1.82) is 0 Å². The van der Waals surface area contributed by atoms with E-state index in [1.807, 2.05) is 39.0 Å². The average molecular weight is 409 g/mol. The van der Waals surface area contributed by atoms with Gasteiger partial charge in [0.25, 0.3) is 5.91 Å². The van der Waals surface area contributed by atoms with E-state index in [-0.39, 0.29) is 30.8 Å². The highest BCUT2D eigenvalue weighted by Gasteiger charge is 2.33. The number of anilines is 2. The summed E-state index contributed by atoms with van der Waals surface area (Å²) in [5.74, 6) is -0.350. The molecule has 0 fully saturated rings. The third-order valence-electron chi connectivity index (χ3n) is 5.11. The number of nitrogens with one attached hydrogen (secondary N) is 1. The predicted octanol–water partition coefficient (Wildman–Crippen LogP) is 2.82. The summed E-state index contributed by atoms with van der Waals surface area (Å²) in [6.45, 7) is 7.26. The average Bonchev–Trinajstić information content (AvgIpc) is 2.68. The normalized spacial score (nSPS) is 15.3. The number of para-hydroxylation sites is 2. The Kier molecular flexibility index (Phi) is 6.10. The van der Waals surface area contributed by atoms with Crippen molar-refractivity contribution in [2.45, 2.75) is 33.8 Å². The number of hydrogen-bond acceptors (Lipinski definition) is 4. The molecule has 1 N–H and O–H groups in total. The maximum Gasteiger partial charge on any atom is 0.268 e. The number of nitrogens with zero attached hydrogens (tertiary/aromatic N) is 2. The molecule has 1 aliphatic heterocycles. The lowest BCUT2D eigenvalue weighted by Crippen LogP contribution is -2.49. The molecule has 1 unspecified atom stereocenters. The van der Waals surface area contributed by atoms with Crippen LogP contribution in [0.2, 0.25) is 0 Å². The van der Waals surface area contributed by atoms with Crippen LogP contribution >= 0.6 is 0 Å². The standard InChI is InChI=1S/C23H27N3O4/c1-14-10-15(2)22(16(3)11-14)24-20(27)12-25(5)21(28)13-26-18-8-6-7-9-19(18)30-17(4)23(26)29/h6-11,17H,12-13H2,1-5H3,(H,24,27). The fourth-order valence-corrected chi connectivity index (χ4v) is 3.64. The first kappa shape index (κ1) is 21.4. The number of fused-ring (bicyclic) bond motifs is 1. The number of benzene rings is 2. The Morgan fingerprint density at radius 3 is 2.43 bits per heavy atom. The highest BCUT2D eigenvalue weighted by molar-refractivity contribution is 6.04. The summed E-state index contributed by atoms with van der Waals surface area (Å²) in [6, 6.07) is 11.1. The number of ether oxygens (including phenoxy) is 1. The van der Waals surface area contributed by atoms with Crippen molar-refractivity contribution in [3.63, 3.8) is 0 Å². The van der Waals surface area contributed by atoms with Crippen molar-refractivity contribution in [3.05, 3.63) is 53.1 Å². The van der Waals surface area contributed by atoms with Crippen LogP contribution in [0.4, 0.5) is 11.4 Å². The van der Waals surface area contributed by atoms with Gasteiger partial charge in [0.05, 0.1) is 12.2 Å². The van der Waals surface area contributed by atoms with Gasteiger partial charge in [-0.3, -0.25) is 19.3 Å². The maximum atomic E-state index is 12.8. The van der Waals surface area contributed by atoms with Crippen LogP contribution in [0.1, 0.15) is 23.6 Å². The molecule has 1 heterocycles. The van der Waals surface area contributed by atoms with Crippen LogP contribution < -0.4 is 15.0 Å². The van der Waals surface area contributed by atoms with E-state index in [1.165, 1.54) is 9.80 Å². The summed E-state index contributed by atoms with van der Waals surface area (Å²) in [4.78, 5) is 40.6. The lowest BCUT2D eigenvalue weighted by Gasteiger charge is -2.33. The van der Waals surface area contributed by atoms with Crippen LogP contribution in [0.3, 0.4) is 0 Å². The Bertz CT molecular complexity index is 979. The molecule has 0 aromatic heterocycles. The molecule has 0 radical (unpaired) electrons. The van der Waals surface area contributed by atoms with Crippen LogP contribution in [0.25, 0.3) is 0 Å². The number of amides is 3. The first-order valence-corrected chi connectivity index (χ1v) is 9.86. The quantitative estimate of drug-likeness (QED) is 0.824. The summed E-state index contributed by atoms with van der Waals surface area (Å²) >= 11 is 0. The molecule has 3 amide bonds. The molecular weight excluding hydrogens is 382 g/mol. The van der Waals surface area contributed by atoms with Crippen molar-refractivity contribution in [2.24, 2.45) is 0 Å². The molecule has 0 bridgehead atoms. The maximum absolute atomic E-state index is 12.8. The fraction of sp³-hybridized carbons (Fsp3) is 0.348. The monoisotopic (exact) mass is 409 g/mol.